The maximum atomic E-state index is 12.1. The summed E-state index contributed by atoms with van der Waals surface area (Å²) in [6.07, 6.45) is 3.13. The Morgan fingerprint density at radius 1 is 1.12 bits per heavy atom. The van der Waals surface area contributed by atoms with E-state index in [-0.39, 0.29) is 5.91 Å². The molecule has 6 heteroatoms. The fourth-order valence-electron chi connectivity index (χ4n) is 2.28. The van der Waals surface area contributed by atoms with Crippen molar-refractivity contribution >= 4 is 56.7 Å². The molecule has 1 amide bonds. The smallest absolute Gasteiger partial charge is 0.337 e. The molecular weight excluding hydrogens is 358 g/mol. The number of hydrogen-bond acceptors (Lipinski definition) is 4. The number of ether oxygens (including phenoxy) is 1. The Bertz CT molecular complexity index is 960. The molecule has 3 rings (SSSR count). The van der Waals surface area contributed by atoms with Crippen molar-refractivity contribution in [3.05, 3.63) is 70.1 Å². The number of halogens is 1. The minimum absolute atomic E-state index is 0.278. The van der Waals surface area contributed by atoms with Crippen LogP contribution in [0.5, 0.6) is 0 Å². The molecule has 0 bridgehead atoms. The van der Waals surface area contributed by atoms with Gasteiger partial charge in [-0.05, 0) is 36.4 Å². The van der Waals surface area contributed by atoms with E-state index < -0.39 is 5.97 Å². The number of benzene rings is 2. The molecule has 1 N–H and O–H groups in total. The number of nitrogens with one attached hydrogen (secondary N) is 1. The summed E-state index contributed by atoms with van der Waals surface area (Å²) in [5.41, 5.74) is 1.01. The van der Waals surface area contributed by atoms with Crippen molar-refractivity contribution in [1.82, 2.24) is 0 Å². The third-order valence-corrected chi connectivity index (χ3v) is 5.17. The molecule has 126 valence electrons. The molecular formula is C19H14ClNO3S. The van der Waals surface area contributed by atoms with E-state index in [9.17, 15) is 9.59 Å². The summed E-state index contributed by atoms with van der Waals surface area (Å²) in [7, 11) is 1.32. The Morgan fingerprint density at radius 2 is 1.84 bits per heavy atom. The van der Waals surface area contributed by atoms with E-state index >= 15 is 0 Å². The first-order chi connectivity index (χ1) is 12.1. The van der Waals surface area contributed by atoms with E-state index in [1.807, 2.05) is 24.3 Å². The van der Waals surface area contributed by atoms with Crippen LogP contribution >= 0.6 is 22.9 Å². The van der Waals surface area contributed by atoms with Gasteiger partial charge in [-0.25, -0.2) is 4.79 Å². The quantitative estimate of drug-likeness (QED) is 0.519. The van der Waals surface area contributed by atoms with E-state index in [1.54, 1.807) is 30.3 Å². The van der Waals surface area contributed by atoms with E-state index in [0.717, 1.165) is 15.0 Å². The summed E-state index contributed by atoms with van der Waals surface area (Å²) in [6, 6.07) is 14.3. The highest BCUT2D eigenvalue weighted by Crippen LogP contribution is 2.35. The Hall–Kier alpha value is -2.63. The number of carbonyl (C=O) groups is 2. The van der Waals surface area contributed by atoms with Crippen LogP contribution in [-0.4, -0.2) is 19.0 Å². The van der Waals surface area contributed by atoms with E-state index in [1.165, 1.54) is 24.5 Å². The summed E-state index contributed by atoms with van der Waals surface area (Å²) < 4.78 is 5.71. The van der Waals surface area contributed by atoms with Gasteiger partial charge < -0.3 is 10.1 Å². The molecule has 0 unspecified atom stereocenters. The maximum Gasteiger partial charge on any atom is 0.337 e. The van der Waals surface area contributed by atoms with E-state index in [4.69, 9.17) is 11.6 Å². The van der Waals surface area contributed by atoms with Crippen molar-refractivity contribution in [3.8, 4) is 0 Å². The van der Waals surface area contributed by atoms with Crippen molar-refractivity contribution in [2.75, 3.05) is 12.4 Å². The van der Waals surface area contributed by atoms with Crippen LogP contribution in [0.1, 0.15) is 15.2 Å². The van der Waals surface area contributed by atoms with Crippen molar-refractivity contribution in [2.45, 2.75) is 0 Å². The largest absolute Gasteiger partial charge is 0.465 e. The number of anilines is 1. The molecule has 2 aromatic carbocycles. The highest BCUT2D eigenvalue weighted by atomic mass is 35.5. The Labute approximate surface area is 153 Å². The predicted octanol–water partition coefficient (Wildman–Crippen LogP) is 4.99. The third kappa shape index (κ3) is 3.90. The number of rotatable bonds is 4. The van der Waals surface area contributed by atoms with Crippen molar-refractivity contribution in [2.24, 2.45) is 0 Å². The molecule has 1 aromatic heterocycles. The van der Waals surface area contributed by atoms with Gasteiger partial charge in [0.15, 0.2) is 0 Å². The van der Waals surface area contributed by atoms with Crippen LogP contribution in [0.25, 0.3) is 16.2 Å². The van der Waals surface area contributed by atoms with Crippen LogP contribution in [0.4, 0.5) is 5.69 Å². The molecule has 1 heterocycles. The van der Waals surface area contributed by atoms with Crippen LogP contribution in [0.3, 0.4) is 0 Å². The third-order valence-electron chi connectivity index (χ3n) is 3.52. The number of thiophene rings is 1. The molecule has 0 atom stereocenters. The first-order valence-electron chi connectivity index (χ1n) is 7.43. The zero-order valence-electron chi connectivity index (χ0n) is 13.3. The van der Waals surface area contributed by atoms with Crippen molar-refractivity contribution in [3.63, 3.8) is 0 Å². The first kappa shape index (κ1) is 17.2. The standard InChI is InChI=1S/C19H14ClNO3S/c1-24-19(23)12-6-8-13(9-7-12)21-17(22)11-10-16-18(20)14-4-2-3-5-15(14)25-16/h2-11H,1H3,(H,21,22)/b11-10+. The molecule has 25 heavy (non-hydrogen) atoms. The number of hydrogen-bond donors (Lipinski definition) is 1. The number of fused-ring (bicyclic) bond motifs is 1. The number of methoxy groups -OCH3 is 1. The summed E-state index contributed by atoms with van der Waals surface area (Å²) in [5.74, 6) is -0.698. The fourth-order valence-corrected chi connectivity index (χ4v) is 3.68. The van der Waals surface area contributed by atoms with Gasteiger partial charge in [0.05, 0.1) is 17.7 Å². The van der Waals surface area contributed by atoms with Crippen LogP contribution in [0, 0.1) is 0 Å². The molecule has 0 aliphatic heterocycles. The molecule has 3 aromatic rings. The average molecular weight is 372 g/mol. The Kier molecular flexibility index (Phi) is 5.16. The lowest BCUT2D eigenvalue weighted by atomic mass is 10.2. The SMILES string of the molecule is COC(=O)c1ccc(NC(=O)/C=C/c2sc3ccccc3c2Cl)cc1. The van der Waals surface area contributed by atoms with Gasteiger partial charge in [-0.1, -0.05) is 29.8 Å². The molecule has 0 aliphatic rings. The molecule has 0 aliphatic carbocycles. The van der Waals surface area contributed by atoms with Gasteiger partial charge in [0.25, 0.3) is 0 Å². The number of amides is 1. The van der Waals surface area contributed by atoms with Gasteiger partial charge in [-0.3, -0.25) is 4.79 Å². The molecule has 0 fully saturated rings. The van der Waals surface area contributed by atoms with Crippen LogP contribution in [-0.2, 0) is 9.53 Å². The second kappa shape index (κ2) is 7.51. The molecule has 0 spiro atoms. The lowest BCUT2D eigenvalue weighted by Crippen LogP contribution is -2.08. The zero-order chi connectivity index (χ0) is 17.8. The number of carbonyl (C=O) groups excluding carboxylic acids is 2. The highest BCUT2D eigenvalue weighted by molar-refractivity contribution is 7.20. The van der Waals surface area contributed by atoms with E-state index in [2.05, 4.69) is 10.1 Å². The Morgan fingerprint density at radius 3 is 2.52 bits per heavy atom. The minimum Gasteiger partial charge on any atom is -0.465 e. The highest BCUT2D eigenvalue weighted by Gasteiger charge is 2.08. The lowest BCUT2D eigenvalue weighted by Gasteiger charge is -2.03. The Balaban J connectivity index is 1.70. The normalized spacial score (nSPS) is 11.0. The van der Waals surface area contributed by atoms with Crippen LogP contribution in [0.15, 0.2) is 54.6 Å². The summed E-state index contributed by atoms with van der Waals surface area (Å²) >= 11 is 7.87. The topological polar surface area (TPSA) is 55.4 Å². The monoisotopic (exact) mass is 371 g/mol. The molecule has 0 radical (unpaired) electrons. The summed E-state index contributed by atoms with van der Waals surface area (Å²) in [4.78, 5) is 24.3. The van der Waals surface area contributed by atoms with Gasteiger partial charge in [-0.15, -0.1) is 11.3 Å². The van der Waals surface area contributed by atoms with Crippen LogP contribution < -0.4 is 5.32 Å². The first-order valence-corrected chi connectivity index (χ1v) is 8.62. The van der Waals surface area contributed by atoms with Gasteiger partial charge in [0.2, 0.25) is 5.91 Å². The van der Waals surface area contributed by atoms with E-state index in [0.29, 0.717) is 16.3 Å². The van der Waals surface area contributed by atoms with Gasteiger partial charge in [0, 0.05) is 26.7 Å². The summed E-state index contributed by atoms with van der Waals surface area (Å²) in [5, 5.41) is 4.36. The molecule has 0 saturated heterocycles. The number of esters is 1. The minimum atomic E-state index is -0.419. The zero-order valence-corrected chi connectivity index (χ0v) is 14.9. The maximum absolute atomic E-state index is 12.1. The van der Waals surface area contributed by atoms with Crippen molar-refractivity contribution < 1.29 is 14.3 Å². The van der Waals surface area contributed by atoms with Crippen LogP contribution in [0.2, 0.25) is 5.02 Å². The molecule has 0 saturated carbocycles. The fraction of sp³-hybridized carbons (Fsp3) is 0.0526. The van der Waals surface area contributed by atoms with Crippen molar-refractivity contribution in [1.29, 1.82) is 0 Å². The van der Waals surface area contributed by atoms with Gasteiger partial charge in [0.1, 0.15) is 0 Å². The average Bonchev–Trinajstić information content (AvgIpc) is 2.96. The summed E-state index contributed by atoms with van der Waals surface area (Å²) in [6.45, 7) is 0. The predicted molar refractivity (Wildman–Crippen MR) is 102 cm³/mol. The second-order valence-corrected chi connectivity index (χ2v) is 6.63. The van der Waals surface area contributed by atoms with Gasteiger partial charge in [-0.2, -0.15) is 0 Å². The lowest BCUT2D eigenvalue weighted by molar-refractivity contribution is -0.111. The van der Waals surface area contributed by atoms with Gasteiger partial charge >= 0.3 is 5.97 Å². The molecule has 4 nitrogen and oxygen atoms in total. The second-order valence-electron chi connectivity index (χ2n) is 5.17.